The molecule has 2 N–H and O–H groups in total. The Kier molecular flexibility index (Phi) is 7.81. The van der Waals surface area contributed by atoms with E-state index in [1.165, 1.54) is 0 Å². The zero-order valence-corrected chi connectivity index (χ0v) is 18.9. The van der Waals surface area contributed by atoms with Crippen molar-refractivity contribution < 1.29 is 19.1 Å². The fraction of sp³-hybridized carbons (Fsp3) is 0.192. The first-order valence-corrected chi connectivity index (χ1v) is 10.5. The first-order valence-electron chi connectivity index (χ1n) is 10.5. The molecular formula is C26H27N3O4. The van der Waals surface area contributed by atoms with Crippen LogP contribution in [0.4, 0.5) is 11.4 Å². The highest BCUT2D eigenvalue weighted by Gasteiger charge is 2.15. The first kappa shape index (κ1) is 23.5. The lowest BCUT2D eigenvalue weighted by molar-refractivity contribution is -0.119. The fourth-order valence-electron chi connectivity index (χ4n) is 3.07. The maximum atomic E-state index is 12.7. The molecule has 2 amide bonds. The second-order valence-electron chi connectivity index (χ2n) is 7.78. The molecule has 0 aliphatic rings. The Bertz CT molecular complexity index is 1120. The predicted molar refractivity (Wildman–Crippen MR) is 128 cm³/mol. The number of hydrogen-bond acceptors (Lipinski definition) is 5. The molecule has 3 rings (SSSR count). The molecule has 7 nitrogen and oxygen atoms in total. The average molecular weight is 446 g/mol. The molecule has 0 aliphatic carbocycles. The highest BCUT2D eigenvalue weighted by molar-refractivity contribution is 6.04. The zero-order chi connectivity index (χ0) is 23.8. The molecule has 0 atom stereocenters. The van der Waals surface area contributed by atoms with Gasteiger partial charge in [0.25, 0.3) is 11.8 Å². The number of hydrogen-bond donors (Lipinski definition) is 2. The van der Waals surface area contributed by atoms with Crippen LogP contribution < -0.4 is 15.5 Å². The Labute approximate surface area is 193 Å². The summed E-state index contributed by atoms with van der Waals surface area (Å²) in [6.45, 7) is 1.90. The molecule has 7 heteroatoms. The lowest BCUT2D eigenvalue weighted by Gasteiger charge is -2.13. The van der Waals surface area contributed by atoms with Gasteiger partial charge in [0.05, 0.1) is 16.8 Å². The van der Waals surface area contributed by atoms with Crippen molar-refractivity contribution in [2.75, 3.05) is 30.9 Å². The molecule has 0 saturated carbocycles. The number of aryl methyl sites for hydroxylation is 1. The Morgan fingerprint density at radius 3 is 2.21 bits per heavy atom. The summed E-state index contributed by atoms with van der Waals surface area (Å²) in [5, 5.41) is 5.50. The average Bonchev–Trinajstić information content (AvgIpc) is 2.82. The van der Waals surface area contributed by atoms with Gasteiger partial charge in [0.1, 0.15) is 0 Å². The quantitative estimate of drug-likeness (QED) is 0.515. The molecule has 0 unspecified atom stereocenters. The Balaban J connectivity index is 1.55. The van der Waals surface area contributed by atoms with E-state index in [-0.39, 0.29) is 5.91 Å². The normalized spacial score (nSPS) is 10.3. The topological polar surface area (TPSA) is 87.7 Å². The Hall–Kier alpha value is -4.13. The van der Waals surface area contributed by atoms with Gasteiger partial charge in [-0.1, -0.05) is 42.0 Å². The highest BCUT2D eigenvalue weighted by atomic mass is 16.5. The fourth-order valence-corrected chi connectivity index (χ4v) is 3.07. The number of carbonyl (C=O) groups excluding carboxylic acids is 3. The number of ether oxygens (including phenoxy) is 1. The number of nitrogens with zero attached hydrogens (tertiary/aromatic N) is 1. The number of para-hydroxylation sites is 1. The third-order valence-electron chi connectivity index (χ3n) is 4.97. The largest absolute Gasteiger partial charge is 0.452 e. The van der Waals surface area contributed by atoms with Crippen LogP contribution in [-0.2, 0) is 16.1 Å². The lowest BCUT2D eigenvalue weighted by Crippen LogP contribution is -2.26. The van der Waals surface area contributed by atoms with Crippen molar-refractivity contribution in [3.8, 4) is 0 Å². The Morgan fingerprint density at radius 1 is 0.879 bits per heavy atom. The standard InChI is InChI=1S/C26H27N3O4/c1-18-8-10-19(11-9-18)16-27-25(31)22-6-4-5-7-23(22)28-24(30)17-33-26(32)20-12-14-21(15-13-20)29(2)3/h4-15H,16-17H2,1-3H3,(H,27,31)(H,28,30). The van der Waals surface area contributed by atoms with Crippen molar-refractivity contribution in [1.82, 2.24) is 5.32 Å². The van der Waals surface area contributed by atoms with Crippen LogP contribution in [0.25, 0.3) is 0 Å². The maximum absolute atomic E-state index is 12.7. The van der Waals surface area contributed by atoms with Crippen molar-refractivity contribution in [3.63, 3.8) is 0 Å². The predicted octanol–water partition coefficient (Wildman–Crippen LogP) is 3.79. The van der Waals surface area contributed by atoms with E-state index in [4.69, 9.17) is 4.74 Å². The van der Waals surface area contributed by atoms with Crippen LogP contribution in [-0.4, -0.2) is 38.5 Å². The van der Waals surface area contributed by atoms with E-state index in [9.17, 15) is 14.4 Å². The van der Waals surface area contributed by atoms with Gasteiger partial charge in [0, 0.05) is 26.3 Å². The van der Waals surface area contributed by atoms with Gasteiger partial charge in [-0.3, -0.25) is 9.59 Å². The molecule has 0 heterocycles. The van der Waals surface area contributed by atoms with Gasteiger partial charge in [-0.15, -0.1) is 0 Å². The van der Waals surface area contributed by atoms with Crippen LogP contribution in [0.15, 0.2) is 72.8 Å². The van der Waals surface area contributed by atoms with E-state index in [1.54, 1.807) is 48.5 Å². The number of nitrogens with one attached hydrogen (secondary N) is 2. The molecule has 0 fully saturated rings. The second-order valence-corrected chi connectivity index (χ2v) is 7.78. The third kappa shape index (κ3) is 6.67. The van der Waals surface area contributed by atoms with Crippen molar-refractivity contribution in [3.05, 3.63) is 95.1 Å². The zero-order valence-electron chi connectivity index (χ0n) is 18.9. The van der Waals surface area contributed by atoms with Gasteiger partial charge >= 0.3 is 5.97 Å². The summed E-state index contributed by atoms with van der Waals surface area (Å²) >= 11 is 0. The smallest absolute Gasteiger partial charge is 0.338 e. The summed E-state index contributed by atoms with van der Waals surface area (Å²) < 4.78 is 5.11. The van der Waals surface area contributed by atoms with Crippen molar-refractivity contribution in [1.29, 1.82) is 0 Å². The van der Waals surface area contributed by atoms with Gasteiger partial charge in [-0.2, -0.15) is 0 Å². The number of amides is 2. The van der Waals surface area contributed by atoms with E-state index >= 15 is 0 Å². The molecule has 3 aromatic rings. The monoisotopic (exact) mass is 445 g/mol. The van der Waals surface area contributed by atoms with Crippen LogP contribution in [0.5, 0.6) is 0 Å². The summed E-state index contributed by atoms with van der Waals surface area (Å²) in [5.74, 6) is -1.45. The summed E-state index contributed by atoms with van der Waals surface area (Å²) in [7, 11) is 3.80. The minimum Gasteiger partial charge on any atom is -0.452 e. The molecule has 0 saturated heterocycles. The number of carbonyl (C=O) groups is 3. The van der Waals surface area contributed by atoms with Crippen LogP contribution in [0.1, 0.15) is 31.8 Å². The van der Waals surface area contributed by atoms with Crippen molar-refractivity contribution >= 4 is 29.2 Å². The van der Waals surface area contributed by atoms with E-state index in [0.29, 0.717) is 23.4 Å². The minimum absolute atomic E-state index is 0.315. The second kappa shape index (κ2) is 10.9. The molecule has 3 aromatic carbocycles. The number of esters is 1. The van der Waals surface area contributed by atoms with Crippen LogP contribution >= 0.6 is 0 Å². The van der Waals surface area contributed by atoms with E-state index in [1.807, 2.05) is 50.2 Å². The van der Waals surface area contributed by atoms with Crippen LogP contribution in [0.3, 0.4) is 0 Å². The third-order valence-corrected chi connectivity index (χ3v) is 4.97. The van der Waals surface area contributed by atoms with Gasteiger partial charge < -0.3 is 20.3 Å². The summed E-state index contributed by atoms with van der Waals surface area (Å²) in [5.41, 5.74) is 4.08. The highest BCUT2D eigenvalue weighted by Crippen LogP contribution is 2.16. The van der Waals surface area contributed by atoms with Gasteiger partial charge in [0.15, 0.2) is 6.61 Å². The molecule has 170 valence electrons. The Morgan fingerprint density at radius 2 is 1.55 bits per heavy atom. The summed E-state index contributed by atoms with van der Waals surface area (Å²) in [6.07, 6.45) is 0. The number of benzene rings is 3. The van der Waals surface area contributed by atoms with Crippen LogP contribution in [0.2, 0.25) is 0 Å². The lowest BCUT2D eigenvalue weighted by atomic mass is 10.1. The SMILES string of the molecule is Cc1ccc(CNC(=O)c2ccccc2NC(=O)COC(=O)c2ccc(N(C)C)cc2)cc1. The molecular weight excluding hydrogens is 418 g/mol. The van der Waals surface area contributed by atoms with Crippen molar-refractivity contribution in [2.45, 2.75) is 13.5 Å². The molecule has 0 bridgehead atoms. The summed E-state index contributed by atoms with van der Waals surface area (Å²) in [6, 6.07) is 21.4. The molecule has 0 radical (unpaired) electrons. The van der Waals surface area contributed by atoms with Gasteiger partial charge in [-0.25, -0.2) is 4.79 Å². The van der Waals surface area contributed by atoms with Crippen molar-refractivity contribution in [2.24, 2.45) is 0 Å². The van der Waals surface area contributed by atoms with E-state index in [0.717, 1.165) is 16.8 Å². The molecule has 0 spiro atoms. The first-order chi connectivity index (χ1) is 15.8. The molecule has 0 aliphatic heterocycles. The summed E-state index contributed by atoms with van der Waals surface area (Å²) in [4.78, 5) is 39.1. The molecule has 33 heavy (non-hydrogen) atoms. The van der Waals surface area contributed by atoms with E-state index in [2.05, 4.69) is 10.6 Å². The van der Waals surface area contributed by atoms with Gasteiger partial charge in [0.2, 0.25) is 0 Å². The minimum atomic E-state index is -0.598. The van der Waals surface area contributed by atoms with Gasteiger partial charge in [-0.05, 0) is 48.9 Å². The number of anilines is 2. The molecule has 0 aromatic heterocycles. The van der Waals surface area contributed by atoms with E-state index < -0.39 is 18.5 Å². The maximum Gasteiger partial charge on any atom is 0.338 e. The number of rotatable bonds is 8. The van der Waals surface area contributed by atoms with Crippen LogP contribution in [0, 0.1) is 6.92 Å².